The molecule has 1 rings (SSSR count). The Morgan fingerprint density at radius 3 is 2.94 bits per heavy atom. The molecule has 0 unspecified atom stereocenters. The number of esters is 1. The van der Waals surface area contributed by atoms with Crippen LogP contribution >= 0.6 is 0 Å². The summed E-state index contributed by atoms with van der Waals surface area (Å²) in [4.78, 5) is 22.7. The van der Waals surface area contributed by atoms with E-state index in [0.717, 1.165) is 0 Å². The summed E-state index contributed by atoms with van der Waals surface area (Å²) in [7, 11) is 1.71. The van der Waals surface area contributed by atoms with Gasteiger partial charge in [-0.15, -0.1) is 0 Å². The largest absolute Gasteiger partial charge is 0.451 e. The maximum Gasteiger partial charge on any atom is 0.355 e. The molecule has 90 valence electrons. The molecule has 0 bridgehead atoms. The highest BCUT2D eigenvalue weighted by atomic mass is 16.5. The van der Waals surface area contributed by atoms with Crippen molar-refractivity contribution in [3.05, 3.63) is 24.0 Å². The van der Waals surface area contributed by atoms with E-state index < -0.39 is 11.9 Å². The highest BCUT2D eigenvalue weighted by molar-refractivity contribution is 5.89. The minimum atomic E-state index is -0.548. The number of aromatic nitrogens is 1. The third-order valence-electron chi connectivity index (χ3n) is 2.05. The molecule has 1 aromatic heterocycles. The molecule has 0 atom stereocenters. The van der Waals surface area contributed by atoms with Gasteiger partial charge in [-0.3, -0.25) is 4.79 Å². The Morgan fingerprint density at radius 2 is 2.35 bits per heavy atom. The Kier molecular flexibility index (Phi) is 4.76. The Balaban J connectivity index is 2.32. The van der Waals surface area contributed by atoms with Gasteiger partial charge in [0.15, 0.2) is 6.61 Å². The SMILES string of the molecule is Cn1cccc1C(=O)OCC(=O)NCCC#N. The van der Waals surface area contributed by atoms with E-state index in [4.69, 9.17) is 10.00 Å². The summed E-state index contributed by atoms with van der Waals surface area (Å²) in [6, 6.07) is 5.21. The van der Waals surface area contributed by atoms with Crippen molar-refractivity contribution >= 4 is 11.9 Å². The van der Waals surface area contributed by atoms with Gasteiger partial charge < -0.3 is 14.6 Å². The number of carbonyl (C=O) groups is 2. The molecule has 0 aliphatic carbocycles. The summed E-state index contributed by atoms with van der Waals surface area (Å²) >= 11 is 0. The van der Waals surface area contributed by atoms with E-state index in [1.54, 1.807) is 29.9 Å². The van der Waals surface area contributed by atoms with Crippen molar-refractivity contribution in [3.63, 3.8) is 0 Å². The molecule has 0 aromatic carbocycles. The molecule has 0 radical (unpaired) electrons. The number of nitrogens with one attached hydrogen (secondary N) is 1. The lowest BCUT2D eigenvalue weighted by Gasteiger charge is -2.05. The molecular formula is C11H13N3O3. The van der Waals surface area contributed by atoms with Gasteiger partial charge in [0, 0.05) is 19.8 Å². The van der Waals surface area contributed by atoms with Gasteiger partial charge in [-0.2, -0.15) is 5.26 Å². The number of amides is 1. The fraction of sp³-hybridized carbons (Fsp3) is 0.364. The average Bonchev–Trinajstić information content (AvgIpc) is 2.73. The van der Waals surface area contributed by atoms with Gasteiger partial charge in [0.1, 0.15) is 5.69 Å². The predicted octanol–water partition coefficient (Wildman–Crippen LogP) is 0.212. The first-order valence-electron chi connectivity index (χ1n) is 5.07. The first-order chi connectivity index (χ1) is 8.15. The van der Waals surface area contributed by atoms with Crippen LogP contribution in [0.1, 0.15) is 16.9 Å². The van der Waals surface area contributed by atoms with Gasteiger partial charge in [0.25, 0.3) is 5.91 Å². The summed E-state index contributed by atoms with van der Waals surface area (Å²) in [6.45, 7) is -0.0769. The van der Waals surface area contributed by atoms with Crippen LogP contribution in [0, 0.1) is 11.3 Å². The van der Waals surface area contributed by atoms with Crippen LogP contribution in [0.4, 0.5) is 0 Å². The van der Waals surface area contributed by atoms with Crippen LogP contribution in [0.3, 0.4) is 0 Å². The van der Waals surface area contributed by atoms with Crippen LogP contribution in [-0.2, 0) is 16.6 Å². The number of hydrogen-bond donors (Lipinski definition) is 1. The van der Waals surface area contributed by atoms with Crippen molar-refractivity contribution < 1.29 is 14.3 Å². The van der Waals surface area contributed by atoms with E-state index in [0.29, 0.717) is 5.69 Å². The summed E-state index contributed by atoms with van der Waals surface area (Å²) in [5.74, 6) is -0.962. The normalized spacial score (nSPS) is 9.41. The molecule has 6 nitrogen and oxygen atoms in total. The van der Waals surface area contributed by atoms with Crippen LogP contribution in [0.25, 0.3) is 0 Å². The Hall–Kier alpha value is -2.29. The van der Waals surface area contributed by atoms with Crippen LogP contribution in [-0.4, -0.2) is 29.6 Å². The lowest BCUT2D eigenvalue weighted by molar-refractivity contribution is -0.124. The monoisotopic (exact) mass is 235 g/mol. The lowest BCUT2D eigenvalue weighted by Crippen LogP contribution is -2.29. The number of hydrogen-bond acceptors (Lipinski definition) is 4. The third-order valence-corrected chi connectivity index (χ3v) is 2.05. The van der Waals surface area contributed by atoms with Crippen molar-refractivity contribution in [2.75, 3.05) is 13.2 Å². The van der Waals surface area contributed by atoms with Crippen LogP contribution in [0.5, 0.6) is 0 Å². The second kappa shape index (κ2) is 6.33. The zero-order chi connectivity index (χ0) is 12.7. The summed E-state index contributed by atoms with van der Waals surface area (Å²) < 4.78 is 6.41. The molecule has 0 fully saturated rings. The molecule has 17 heavy (non-hydrogen) atoms. The average molecular weight is 235 g/mol. The molecule has 6 heteroatoms. The van der Waals surface area contributed by atoms with E-state index in [1.807, 2.05) is 6.07 Å². The maximum absolute atomic E-state index is 11.5. The minimum Gasteiger partial charge on any atom is -0.451 e. The quantitative estimate of drug-likeness (QED) is 0.584. The van der Waals surface area contributed by atoms with Crippen LogP contribution < -0.4 is 5.32 Å². The van der Waals surface area contributed by atoms with Gasteiger partial charge in [-0.25, -0.2) is 4.79 Å². The highest BCUT2D eigenvalue weighted by Crippen LogP contribution is 2.01. The molecule has 1 aromatic rings. The van der Waals surface area contributed by atoms with Crippen molar-refractivity contribution in [1.29, 1.82) is 5.26 Å². The van der Waals surface area contributed by atoms with E-state index in [1.165, 1.54) is 0 Å². The lowest BCUT2D eigenvalue weighted by atomic mass is 10.4. The summed E-state index contributed by atoms with van der Waals surface area (Å²) in [5, 5.41) is 10.7. The van der Waals surface area contributed by atoms with Crippen molar-refractivity contribution in [3.8, 4) is 6.07 Å². The fourth-order valence-electron chi connectivity index (χ4n) is 1.19. The standard InChI is InChI=1S/C11H13N3O3/c1-14-7-2-4-9(14)11(16)17-8-10(15)13-6-3-5-12/h2,4,7H,3,6,8H2,1H3,(H,13,15). The Bertz CT molecular complexity index is 445. The molecule has 0 saturated carbocycles. The van der Waals surface area contributed by atoms with Gasteiger partial charge in [0.2, 0.25) is 0 Å². The molecule has 1 heterocycles. The van der Waals surface area contributed by atoms with Gasteiger partial charge in [-0.1, -0.05) is 0 Å². The first-order valence-corrected chi connectivity index (χ1v) is 5.07. The molecule has 0 spiro atoms. The smallest absolute Gasteiger partial charge is 0.355 e. The molecule has 0 aliphatic heterocycles. The third kappa shape index (κ3) is 3.99. The maximum atomic E-state index is 11.5. The molecular weight excluding hydrogens is 222 g/mol. The predicted molar refractivity (Wildman–Crippen MR) is 58.9 cm³/mol. The van der Waals surface area contributed by atoms with E-state index in [9.17, 15) is 9.59 Å². The van der Waals surface area contributed by atoms with Crippen LogP contribution in [0.2, 0.25) is 0 Å². The number of carbonyl (C=O) groups excluding carboxylic acids is 2. The molecule has 0 saturated heterocycles. The molecule has 1 N–H and O–H groups in total. The van der Waals surface area contributed by atoms with E-state index >= 15 is 0 Å². The number of nitrogens with zero attached hydrogens (tertiary/aromatic N) is 2. The summed E-state index contributed by atoms with van der Waals surface area (Å²) in [5.41, 5.74) is 0.384. The molecule has 1 amide bonds. The minimum absolute atomic E-state index is 0.234. The topological polar surface area (TPSA) is 84.1 Å². The van der Waals surface area contributed by atoms with Gasteiger partial charge in [-0.05, 0) is 12.1 Å². The summed E-state index contributed by atoms with van der Waals surface area (Å²) in [6.07, 6.45) is 1.95. The van der Waals surface area contributed by atoms with Gasteiger partial charge in [0.05, 0.1) is 12.5 Å². The Labute approximate surface area is 98.8 Å². The van der Waals surface area contributed by atoms with Gasteiger partial charge >= 0.3 is 5.97 Å². The zero-order valence-electron chi connectivity index (χ0n) is 9.47. The second-order valence-electron chi connectivity index (χ2n) is 3.34. The van der Waals surface area contributed by atoms with E-state index in [2.05, 4.69) is 5.32 Å². The van der Waals surface area contributed by atoms with Crippen molar-refractivity contribution in [1.82, 2.24) is 9.88 Å². The van der Waals surface area contributed by atoms with E-state index in [-0.39, 0.29) is 19.6 Å². The van der Waals surface area contributed by atoms with Crippen molar-refractivity contribution in [2.45, 2.75) is 6.42 Å². The zero-order valence-corrected chi connectivity index (χ0v) is 9.47. The Morgan fingerprint density at radius 1 is 1.59 bits per heavy atom. The second-order valence-corrected chi connectivity index (χ2v) is 3.34. The number of rotatable bonds is 5. The fourth-order valence-corrected chi connectivity index (χ4v) is 1.19. The molecule has 0 aliphatic rings. The highest BCUT2D eigenvalue weighted by Gasteiger charge is 2.12. The van der Waals surface area contributed by atoms with Crippen LogP contribution in [0.15, 0.2) is 18.3 Å². The number of aryl methyl sites for hydroxylation is 1. The number of nitriles is 1. The number of ether oxygens (including phenoxy) is 1. The first kappa shape index (κ1) is 12.8. The van der Waals surface area contributed by atoms with Crippen molar-refractivity contribution in [2.24, 2.45) is 7.05 Å².